The molecule has 1 amide bonds. The van der Waals surface area contributed by atoms with Gasteiger partial charge in [0, 0.05) is 42.7 Å². The van der Waals surface area contributed by atoms with E-state index in [4.69, 9.17) is 11.6 Å². The van der Waals surface area contributed by atoms with Crippen molar-refractivity contribution >= 4 is 34.2 Å². The highest BCUT2D eigenvalue weighted by molar-refractivity contribution is 6.28. The number of hydrogen-bond donors (Lipinski definition) is 2. The van der Waals surface area contributed by atoms with Gasteiger partial charge in [-0.2, -0.15) is 0 Å². The van der Waals surface area contributed by atoms with E-state index in [0.29, 0.717) is 13.1 Å². The number of halogens is 1. The van der Waals surface area contributed by atoms with E-state index in [-0.39, 0.29) is 11.2 Å². The van der Waals surface area contributed by atoms with Gasteiger partial charge in [-0.3, -0.25) is 4.79 Å². The zero-order chi connectivity index (χ0) is 18.1. The number of carbonyl (C=O) groups excluding carboxylic acids is 1. The summed E-state index contributed by atoms with van der Waals surface area (Å²) in [6, 6.07) is 8.28. The maximum absolute atomic E-state index is 11.6. The Hall–Kier alpha value is -2.60. The third kappa shape index (κ3) is 3.24. The van der Waals surface area contributed by atoms with Gasteiger partial charge in [-0.1, -0.05) is 18.2 Å². The van der Waals surface area contributed by atoms with E-state index in [0.717, 1.165) is 42.0 Å². The van der Waals surface area contributed by atoms with Gasteiger partial charge in [0.1, 0.15) is 5.82 Å². The molecule has 1 aliphatic rings. The number of anilines is 1. The average molecular weight is 370 g/mol. The lowest BCUT2D eigenvalue weighted by Gasteiger charge is -2.28. The lowest BCUT2D eigenvalue weighted by Crippen LogP contribution is -2.35. The summed E-state index contributed by atoms with van der Waals surface area (Å²) in [5, 5.41) is 4.86. The van der Waals surface area contributed by atoms with Crippen LogP contribution in [0.4, 0.5) is 5.82 Å². The lowest BCUT2D eigenvalue weighted by atomic mass is 10.1. The van der Waals surface area contributed by atoms with E-state index in [1.165, 1.54) is 10.9 Å². The van der Waals surface area contributed by atoms with Crippen LogP contribution in [0.15, 0.2) is 30.5 Å². The predicted molar refractivity (Wildman–Crippen MR) is 102 cm³/mol. The highest BCUT2D eigenvalue weighted by Gasteiger charge is 2.23. The van der Waals surface area contributed by atoms with E-state index in [1.54, 1.807) is 11.8 Å². The Morgan fingerprint density at radius 3 is 3.04 bits per heavy atom. The number of aromatic nitrogens is 3. The van der Waals surface area contributed by atoms with Gasteiger partial charge in [0.2, 0.25) is 11.2 Å². The largest absolute Gasteiger partial charge is 0.369 e. The van der Waals surface area contributed by atoms with Crippen LogP contribution in [-0.2, 0) is 24.2 Å². The molecular weight excluding hydrogens is 350 g/mol. The Morgan fingerprint density at radius 2 is 2.19 bits per heavy atom. The first-order chi connectivity index (χ1) is 12.6. The molecule has 3 heterocycles. The number of para-hydroxylation sites is 1. The Kier molecular flexibility index (Phi) is 4.51. The molecule has 0 fully saturated rings. The monoisotopic (exact) mass is 369 g/mol. The Morgan fingerprint density at radius 1 is 1.35 bits per heavy atom. The molecule has 0 spiro atoms. The van der Waals surface area contributed by atoms with Crippen molar-refractivity contribution < 1.29 is 4.79 Å². The molecule has 0 radical (unpaired) electrons. The summed E-state index contributed by atoms with van der Waals surface area (Å²) >= 11 is 6.10. The van der Waals surface area contributed by atoms with Crippen molar-refractivity contribution in [3.8, 4) is 0 Å². The number of fused-ring (bicyclic) bond motifs is 2. The molecule has 26 heavy (non-hydrogen) atoms. The van der Waals surface area contributed by atoms with Gasteiger partial charge in [0.05, 0.1) is 12.2 Å². The number of benzene rings is 1. The van der Waals surface area contributed by atoms with Crippen molar-refractivity contribution in [1.29, 1.82) is 0 Å². The van der Waals surface area contributed by atoms with Crippen LogP contribution in [-0.4, -0.2) is 38.8 Å². The van der Waals surface area contributed by atoms with Gasteiger partial charge in [-0.25, -0.2) is 9.97 Å². The van der Waals surface area contributed by atoms with E-state index in [2.05, 4.69) is 44.7 Å². The molecule has 0 bridgehead atoms. The fraction of sp³-hybridized carbons (Fsp3) is 0.316. The van der Waals surface area contributed by atoms with Gasteiger partial charge < -0.3 is 15.2 Å². The minimum Gasteiger partial charge on any atom is -0.369 e. The molecule has 4 rings (SSSR count). The second-order valence-electron chi connectivity index (χ2n) is 6.49. The molecule has 1 aromatic carbocycles. The number of aromatic amines is 1. The zero-order valence-electron chi connectivity index (χ0n) is 14.6. The minimum absolute atomic E-state index is 0.0548. The molecular formula is C19H20ClN5O. The van der Waals surface area contributed by atoms with Gasteiger partial charge >= 0.3 is 0 Å². The summed E-state index contributed by atoms with van der Waals surface area (Å²) in [7, 11) is 0. The van der Waals surface area contributed by atoms with Crippen LogP contribution in [0.3, 0.4) is 0 Å². The van der Waals surface area contributed by atoms with Crippen LogP contribution in [0, 0.1) is 0 Å². The molecule has 0 saturated heterocycles. The van der Waals surface area contributed by atoms with E-state index in [9.17, 15) is 4.79 Å². The molecule has 0 unspecified atom stereocenters. The molecule has 6 nitrogen and oxygen atoms in total. The molecule has 0 atom stereocenters. The smallest absolute Gasteiger partial charge is 0.224 e. The standard InChI is InChI=1S/C19H20ClN5O/c1-12(26)25-9-7-15-17(11-25)23-19(20)24-18(15)21-8-6-13-10-22-16-5-3-2-4-14(13)16/h2-5,10,22H,6-9,11H2,1H3,(H,21,23,24). The summed E-state index contributed by atoms with van der Waals surface area (Å²) in [6.45, 7) is 3.50. The first kappa shape index (κ1) is 16.8. The van der Waals surface area contributed by atoms with Crippen LogP contribution in [0.5, 0.6) is 0 Å². The van der Waals surface area contributed by atoms with Crippen LogP contribution < -0.4 is 5.32 Å². The number of H-pyrrole nitrogens is 1. The molecule has 2 aromatic heterocycles. The number of carbonyl (C=O) groups is 1. The maximum Gasteiger partial charge on any atom is 0.224 e. The molecule has 3 aromatic rings. The number of rotatable bonds is 4. The maximum atomic E-state index is 11.6. The summed E-state index contributed by atoms with van der Waals surface area (Å²) in [4.78, 5) is 25.4. The number of hydrogen-bond acceptors (Lipinski definition) is 4. The highest BCUT2D eigenvalue weighted by atomic mass is 35.5. The van der Waals surface area contributed by atoms with E-state index in [1.807, 2.05) is 6.07 Å². The van der Waals surface area contributed by atoms with Crippen molar-refractivity contribution in [1.82, 2.24) is 19.9 Å². The molecule has 0 saturated carbocycles. The Balaban J connectivity index is 1.49. The zero-order valence-corrected chi connectivity index (χ0v) is 15.3. The van der Waals surface area contributed by atoms with Gasteiger partial charge in [0.15, 0.2) is 0 Å². The van der Waals surface area contributed by atoms with Crippen molar-refractivity contribution in [2.75, 3.05) is 18.4 Å². The highest BCUT2D eigenvalue weighted by Crippen LogP contribution is 2.25. The van der Waals surface area contributed by atoms with Gasteiger partial charge in [0.25, 0.3) is 0 Å². The average Bonchev–Trinajstić information content (AvgIpc) is 3.04. The van der Waals surface area contributed by atoms with Crippen LogP contribution >= 0.6 is 11.6 Å². The summed E-state index contributed by atoms with van der Waals surface area (Å²) < 4.78 is 0. The minimum atomic E-state index is 0.0548. The predicted octanol–water partition coefficient (Wildman–Crippen LogP) is 3.17. The molecule has 134 valence electrons. The van der Waals surface area contributed by atoms with Gasteiger partial charge in [-0.05, 0) is 36.1 Å². The second kappa shape index (κ2) is 6.96. The van der Waals surface area contributed by atoms with Crippen molar-refractivity contribution in [3.63, 3.8) is 0 Å². The number of nitrogens with zero attached hydrogens (tertiary/aromatic N) is 3. The van der Waals surface area contributed by atoms with E-state index < -0.39 is 0 Å². The third-order valence-corrected chi connectivity index (χ3v) is 5.01. The number of nitrogens with one attached hydrogen (secondary N) is 2. The first-order valence-corrected chi connectivity index (χ1v) is 9.09. The molecule has 7 heteroatoms. The summed E-state index contributed by atoms with van der Waals surface area (Å²) in [6.07, 6.45) is 3.67. The molecule has 2 N–H and O–H groups in total. The number of amides is 1. The fourth-order valence-corrected chi connectivity index (χ4v) is 3.66. The Bertz CT molecular complexity index is 968. The van der Waals surface area contributed by atoms with Crippen molar-refractivity contribution in [3.05, 3.63) is 52.6 Å². The first-order valence-electron chi connectivity index (χ1n) is 8.71. The van der Waals surface area contributed by atoms with Gasteiger partial charge in [-0.15, -0.1) is 0 Å². The summed E-state index contributed by atoms with van der Waals surface area (Å²) in [5.74, 6) is 0.835. The lowest BCUT2D eigenvalue weighted by molar-refractivity contribution is -0.129. The van der Waals surface area contributed by atoms with Crippen LogP contribution in [0.25, 0.3) is 10.9 Å². The Labute approximate surface area is 156 Å². The topological polar surface area (TPSA) is 73.9 Å². The van der Waals surface area contributed by atoms with E-state index >= 15 is 0 Å². The van der Waals surface area contributed by atoms with Crippen LogP contribution in [0.2, 0.25) is 5.28 Å². The third-order valence-electron chi connectivity index (χ3n) is 4.84. The summed E-state index contributed by atoms with van der Waals surface area (Å²) in [5.41, 5.74) is 4.31. The SMILES string of the molecule is CC(=O)N1CCc2c(nc(Cl)nc2NCCc2c[nH]c3ccccc23)C1. The fourth-order valence-electron chi connectivity index (χ4n) is 3.47. The second-order valence-corrected chi connectivity index (χ2v) is 6.83. The molecule has 0 aliphatic carbocycles. The normalized spacial score (nSPS) is 13.7. The quantitative estimate of drug-likeness (QED) is 0.693. The van der Waals surface area contributed by atoms with Crippen molar-refractivity contribution in [2.24, 2.45) is 0 Å². The van der Waals surface area contributed by atoms with Crippen LogP contribution in [0.1, 0.15) is 23.7 Å². The molecule has 1 aliphatic heterocycles. The van der Waals surface area contributed by atoms with Crippen molar-refractivity contribution in [2.45, 2.75) is 26.3 Å².